The molecule has 1 unspecified atom stereocenters. The Morgan fingerprint density at radius 2 is 2.08 bits per heavy atom. The van der Waals surface area contributed by atoms with Crippen molar-refractivity contribution in [1.29, 1.82) is 0 Å². The molecule has 0 spiro atoms. The lowest BCUT2D eigenvalue weighted by molar-refractivity contribution is 0.307. The fourth-order valence-electron chi connectivity index (χ4n) is 4.87. The smallest absolute Gasteiger partial charge is 0.0519 e. The molecular formula is C24H30N2. The van der Waals surface area contributed by atoms with Crippen LogP contribution in [0.5, 0.6) is 0 Å². The maximum absolute atomic E-state index is 3.95. The van der Waals surface area contributed by atoms with E-state index in [0.717, 1.165) is 32.5 Å². The van der Waals surface area contributed by atoms with Crippen LogP contribution >= 0.6 is 0 Å². The summed E-state index contributed by atoms with van der Waals surface area (Å²) in [5, 5.41) is 1.50. The number of benzene rings is 1. The van der Waals surface area contributed by atoms with E-state index in [0.29, 0.717) is 5.92 Å². The van der Waals surface area contributed by atoms with Gasteiger partial charge in [-0.15, -0.1) is 0 Å². The molecule has 0 saturated heterocycles. The van der Waals surface area contributed by atoms with Gasteiger partial charge in [0.1, 0.15) is 0 Å². The predicted molar refractivity (Wildman–Crippen MR) is 112 cm³/mol. The highest BCUT2D eigenvalue weighted by Gasteiger charge is 2.29. The van der Waals surface area contributed by atoms with Gasteiger partial charge in [0.05, 0.1) is 5.52 Å². The lowest BCUT2D eigenvalue weighted by Gasteiger charge is -2.29. The third kappa shape index (κ3) is 2.87. The molecule has 26 heavy (non-hydrogen) atoms. The van der Waals surface area contributed by atoms with Crippen molar-refractivity contribution in [1.82, 2.24) is 9.47 Å². The predicted octanol–water partition coefficient (Wildman–Crippen LogP) is 5.19. The summed E-state index contributed by atoms with van der Waals surface area (Å²) in [6.07, 6.45) is 8.78. The average molecular weight is 347 g/mol. The third-order valence-electron chi connectivity index (χ3n) is 5.87. The Morgan fingerprint density at radius 3 is 2.81 bits per heavy atom. The van der Waals surface area contributed by atoms with Crippen LogP contribution < -0.4 is 0 Å². The van der Waals surface area contributed by atoms with Crippen LogP contribution in [0.25, 0.3) is 10.9 Å². The van der Waals surface area contributed by atoms with Crippen molar-refractivity contribution in [3.05, 3.63) is 70.5 Å². The molecule has 1 aromatic carbocycles. The van der Waals surface area contributed by atoms with E-state index >= 15 is 0 Å². The molecule has 0 radical (unpaired) electrons. The Hall–Kier alpha value is -2.06. The van der Waals surface area contributed by atoms with Crippen LogP contribution in [0.4, 0.5) is 0 Å². The minimum atomic E-state index is 0.525. The van der Waals surface area contributed by atoms with Gasteiger partial charge in [0.15, 0.2) is 0 Å². The van der Waals surface area contributed by atoms with E-state index in [4.69, 9.17) is 0 Å². The molecule has 0 bridgehead atoms. The van der Waals surface area contributed by atoms with Gasteiger partial charge in [0, 0.05) is 43.1 Å². The topological polar surface area (TPSA) is 8.17 Å². The van der Waals surface area contributed by atoms with E-state index in [1.165, 1.54) is 33.2 Å². The van der Waals surface area contributed by atoms with Crippen LogP contribution in [0.15, 0.2) is 48.1 Å². The summed E-state index contributed by atoms with van der Waals surface area (Å²) in [5.41, 5.74) is 10.3. The highest BCUT2D eigenvalue weighted by atomic mass is 15.1. The maximum Gasteiger partial charge on any atom is 0.0519 e. The van der Waals surface area contributed by atoms with Crippen molar-refractivity contribution in [3.63, 3.8) is 0 Å². The second-order valence-corrected chi connectivity index (χ2v) is 8.37. The first-order valence-electron chi connectivity index (χ1n) is 9.77. The van der Waals surface area contributed by atoms with E-state index in [2.05, 4.69) is 68.1 Å². The fourth-order valence-corrected chi connectivity index (χ4v) is 4.87. The van der Waals surface area contributed by atoms with E-state index in [-0.39, 0.29) is 0 Å². The summed E-state index contributed by atoms with van der Waals surface area (Å²) in [7, 11) is 2.24. The molecule has 2 aromatic rings. The van der Waals surface area contributed by atoms with E-state index in [1.54, 1.807) is 11.3 Å². The van der Waals surface area contributed by atoms with Gasteiger partial charge in [-0.2, -0.15) is 0 Å². The first-order chi connectivity index (χ1) is 12.5. The number of allylic oxidation sites excluding steroid dienone is 5. The van der Waals surface area contributed by atoms with Crippen molar-refractivity contribution in [3.8, 4) is 0 Å². The number of fused-ring (bicyclic) bond motifs is 3. The van der Waals surface area contributed by atoms with Gasteiger partial charge in [-0.25, -0.2) is 0 Å². The van der Waals surface area contributed by atoms with Crippen molar-refractivity contribution >= 4 is 10.9 Å². The van der Waals surface area contributed by atoms with Crippen LogP contribution in [0.2, 0.25) is 0 Å². The van der Waals surface area contributed by atoms with Gasteiger partial charge in [0.25, 0.3) is 0 Å². The molecule has 3 heterocycles. The summed E-state index contributed by atoms with van der Waals surface area (Å²) >= 11 is 0. The van der Waals surface area contributed by atoms with Crippen molar-refractivity contribution < 1.29 is 0 Å². The minimum Gasteiger partial charge on any atom is -0.343 e. The molecule has 0 fully saturated rings. The van der Waals surface area contributed by atoms with Crippen LogP contribution in [0.3, 0.4) is 0 Å². The maximum atomic E-state index is 3.95. The Bertz CT molecular complexity index is 935. The minimum absolute atomic E-state index is 0.525. The number of hydrogen-bond donors (Lipinski definition) is 0. The molecule has 1 atom stereocenters. The molecule has 1 aromatic heterocycles. The van der Waals surface area contributed by atoms with Crippen LogP contribution in [-0.4, -0.2) is 23.1 Å². The second-order valence-electron chi connectivity index (χ2n) is 8.37. The van der Waals surface area contributed by atoms with Gasteiger partial charge >= 0.3 is 0 Å². The fraction of sp³-hybridized carbons (Fsp3) is 0.417. The standard InChI is InChI=1S/C24H30N2/c1-6-7-18(10-16(2)3)20-13-19-11-17(4)12-21-22-15-25(5)9-8-23(22)26(14-20)24(19)21/h6-7,10-12,20H,1,8-9,13-15H2,2-5H3/b18-7+. The molecule has 0 saturated carbocycles. The van der Waals surface area contributed by atoms with E-state index in [1.807, 2.05) is 6.08 Å². The molecule has 2 nitrogen and oxygen atoms in total. The summed E-state index contributed by atoms with van der Waals surface area (Å²) in [4.78, 5) is 2.45. The first-order valence-corrected chi connectivity index (χ1v) is 9.77. The molecule has 0 aliphatic carbocycles. The van der Waals surface area contributed by atoms with Crippen molar-refractivity contribution in [2.45, 2.75) is 46.7 Å². The SMILES string of the molecule is C=C/C=C(\C=C(C)C)C1Cc2cc(C)cc3c4c(n(c23)C1)CCN(C)C4. The Labute approximate surface area is 157 Å². The summed E-state index contributed by atoms with van der Waals surface area (Å²) in [5.74, 6) is 0.525. The highest BCUT2D eigenvalue weighted by Crippen LogP contribution is 2.39. The zero-order valence-corrected chi connectivity index (χ0v) is 16.6. The zero-order valence-electron chi connectivity index (χ0n) is 16.6. The highest BCUT2D eigenvalue weighted by molar-refractivity contribution is 5.90. The summed E-state index contributed by atoms with van der Waals surface area (Å²) in [6, 6.07) is 4.82. The number of likely N-dealkylation sites (N-methyl/N-ethyl adjacent to an activating group) is 1. The largest absolute Gasteiger partial charge is 0.343 e. The Balaban J connectivity index is 1.88. The molecular weight excluding hydrogens is 316 g/mol. The normalized spacial score (nSPS) is 20.2. The lowest BCUT2D eigenvalue weighted by atomic mass is 9.86. The lowest BCUT2D eigenvalue weighted by Crippen LogP contribution is -2.29. The number of hydrogen-bond acceptors (Lipinski definition) is 1. The quantitative estimate of drug-likeness (QED) is 0.695. The van der Waals surface area contributed by atoms with E-state index in [9.17, 15) is 0 Å². The number of nitrogens with zero attached hydrogens (tertiary/aromatic N) is 2. The first kappa shape index (κ1) is 17.4. The average Bonchev–Trinajstić information content (AvgIpc) is 2.88. The zero-order chi connectivity index (χ0) is 18.4. The monoisotopic (exact) mass is 346 g/mol. The van der Waals surface area contributed by atoms with Gasteiger partial charge in [0.2, 0.25) is 0 Å². The third-order valence-corrected chi connectivity index (χ3v) is 5.87. The molecule has 0 amide bonds. The molecule has 0 N–H and O–H groups in total. The van der Waals surface area contributed by atoms with Crippen molar-refractivity contribution in [2.75, 3.05) is 13.6 Å². The van der Waals surface area contributed by atoms with Gasteiger partial charge in [-0.05, 0) is 57.0 Å². The van der Waals surface area contributed by atoms with Crippen LogP contribution in [0, 0.1) is 12.8 Å². The van der Waals surface area contributed by atoms with Crippen molar-refractivity contribution in [2.24, 2.45) is 5.92 Å². The second kappa shape index (κ2) is 6.59. The Morgan fingerprint density at radius 1 is 1.27 bits per heavy atom. The molecule has 2 heteroatoms. The number of aromatic nitrogens is 1. The van der Waals surface area contributed by atoms with Crippen LogP contribution in [-0.2, 0) is 25.9 Å². The summed E-state index contributed by atoms with van der Waals surface area (Å²) < 4.78 is 2.65. The Kier molecular flexibility index (Phi) is 4.40. The molecule has 4 rings (SSSR count). The van der Waals surface area contributed by atoms with Gasteiger partial charge in [-0.3, -0.25) is 0 Å². The van der Waals surface area contributed by atoms with Gasteiger partial charge in [-0.1, -0.05) is 42.0 Å². The number of rotatable bonds is 3. The molecule has 2 aliphatic rings. The van der Waals surface area contributed by atoms with Gasteiger partial charge < -0.3 is 9.47 Å². The summed E-state index contributed by atoms with van der Waals surface area (Å²) in [6.45, 7) is 13.9. The van der Waals surface area contributed by atoms with E-state index < -0.39 is 0 Å². The number of aryl methyl sites for hydroxylation is 1. The molecule has 136 valence electrons. The molecule has 2 aliphatic heterocycles. The van der Waals surface area contributed by atoms with Crippen LogP contribution in [0.1, 0.15) is 36.2 Å².